The Morgan fingerprint density at radius 3 is 1.56 bits per heavy atom. The zero-order valence-corrected chi connectivity index (χ0v) is 42.8. The van der Waals surface area contributed by atoms with Crippen molar-refractivity contribution in [3.8, 4) is 44.5 Å². The van der Waals surface area contributed by atoms with E-state index in [0.29, 0.717) is 0 Å². The molecule has 0 aliphatic heterocycles. The molecule has 12 aromatic rings. The molecule has 0 spiro atoms. The smallest absolute Gasteiger partial charge is 0.159 e. The van der Waals surface area contributed by atoms with Crippen molar-refractivity contribution in [1.29, 1.82) is 0 Å². The quantitative estimate of drug-likeness (QED) is 0.144. The van der Waals surface area contributed by atoms with Gasteiger partial charge in [-0.25, -0.2) is 0 Å². The second kappa shape index (κ2) is 17.7. The maximum atomic E-state index is 6.87. The Bertz CT molecular complexity index is 4010. The van der Waals surface area contributed by atoms with Crippen LogP contribution in [-0.2, 0) is 5.41 Å². The van der Waals surface area contributed by atoms with Crippen molar-refractivity contribution in [3.63, 3.8) is 0 Å². The van der Waals surface area contributed by atoms with Gasteiger partial charge in [0.15, 0.2) is 5.58 Å². The number of hydrogen-bond acceptors (Lipinski definition) is 3. The monoisotopic (exact) mass is 1050 g/mol. The molecule has 13 rings (SSSR count). The highest BCUT2D eigenvalue weighted by Gasteiger charge is 2.35. The van der Waals surface area contributed by atoms with Crippen molar-refractivity contribution in [2.75, 3.05) is 9.80 Å². The standard InChI is InChI=1S/C67H46Br2N2O/c1-67(2)62-16-7-6-14-58(62)60-42-57(36-37-63(60)67)70(54-32-24-51(68)25-33-54)53-28-22-45(23-29-53)46-12-8-13-47(38-46)48-18-19-49-41-65-61(40-50(49)39-48)59-15-9-17-64(66(59)72-65)71(56-34-26-52(69)27-35-56)55-30-20-44(21-31-55)43-10-4-3-5-11-43/h3-42H,1-2H3. The van der Waals surface area contributed by atoms with Gasteiger partial charge in [0, 0.05) is 53.6 Å². The highest BCUT2D eigenvalue weighted by atomic mass is 79.9. The Morgan fingerprint density at radius 2 is 0.861 bits per heavy atom. The molecule has 1 aliphatic carbocycles. The molecule has 344 valence electrons. The molecular weight excluding hydrogens is 1010 g/mol. The van der Waals surface area contributed by atoms with Gasteiger partial charge in [-0.2, -0.15) is 0 Å². The zero-order valence-electron chi connectivity index (χ0n) is 39.7. The summed E-state index contributed by atoms with van der Waals surface area (Å²) in [6, 6.07) is 87.8. The summed E-state index contributed by atoms with van der Waals surface area (Å²) in [5.74, 6) is 0. The van der Waals surface area contributed by atoms with Gasteiger partial charge in [-0.3, -0.25) is 0 Å². The SMILES string of the molecule is CC1(C)c2ccccc2-c2cc(N(c3ccc(Br)cc3)c3ccc(-c4cccc(-c5ccc6cc7oc8c(N(c9ccc(Br)cc9)c9ccc(-c%10ccccc%10)cc9)cccc8c7cc6c5)c4)cc3)ccc21. The van der Waals surface area contributed by atoms with Crippen LogP contribution in [0.5, 0.6) is 0 Å². The van der Waals surface area contributed by atoms with E-state index in [9.17, 15) is 0 Å². The number of anilines is 6. The summed E-state index contributed by atoms with van der Waals surface area (Å²) in [4.78, 5) is 4.65. The lowest BCUT2D eigenvalue weighted by Crippen LogP contribution is -2.15. The van der Waals surface area contributed by atoms with Crippen molar-refractivity contribution >= 4 is 98.7 Å². The average molecular weight is 1050 g/mol. The average Bonchev–Trinajstić information content (AvgIpc) is 3.90. The Hall–Kier alpha value is -7.96. The van der Waals surface area contributed by atoms with Crippen LogP contribution >= 0.6 is 31.9 Å². The van der Waals surface area contributed by atoms with Gasteiger partial charge in [0.1, 0.15) is 5.58 Å². The molecule has 3 nitrogen and oxygen atoms in total. The van der Waals surface area contributed by atoms with Crippen molar-refractivity contribution in [3.05, 3.63) is 263 Å². The second-order valence-corrected chi connectivity index (χ2v) is 21.1. The van der Waals surface area contributed by atoms with Gasteiger partial charge >= 0.3 is 0 Å². The highest BCUT2D eigenvalue weighted by Crippen LogP contribution is 2.51. The second-order valence-electron chi connectivity index (χ2n) is 19.2. The summed E-state index contributed by atoms with van der Waals surface area (Å²) < 4.78 is 8.95. The molecule has 1 aliphatic rings. The van der Waals surface area contributed by atoms with Crippen molar-refractivity contribution < 1.29 is 4.42 Å². The Kier molecular flexibility index (Phi) is 10.8. The number of nitrogens with zero attached hydrogens (tertiary/aromatic N) is 2. The molecule has 1 heterocycles. The molecule has 72 heavy (non-hydrogen) atoms. The van der Waals surface area contributed by atoms with Crippen molar-refractivity contribution in [2.24, 2.45) is 0 Å². The Morgan fingerprint density at radius 1 is 0.347 bits per heavy atom. The van der Waals surface area contributed by atoms with Crippen LogP contribution in [0.4, 0.5) is 34.1 Å². The summed E-state index contributed by atoms with van der Waals surface area (Å²) in [6.45, 7) is 4.67. The van der Waals surface area contributed by atoms with E-state index in [4.69, 9.17) is 4.42 Å². The fraction of sp³-hybridized carbons (Fsp3) is 0.0448. The van der Waals surface area contributed by atoms with E-state index in [-0.39, 0.29) is 5.41 Å². The van der Waals surface area contributed by atoms with E-state index >= 15 is 0 Å². The number of hydrogen-bond donors (Lipinski definition) is 0. The molecule has 0 radical (unpaired) electrons. The molecule has 0 unspecified atom stereocenters. The van der Waals surface area contributed by atoms with E-state index in [1.54, 1.807) is 0 Å². The number of halogens is 2. The summed E-state index contributed by atoms with van der Waals surface area (Å²) in [6.07, 6.45) is 0. The molecule has 0 N–H and O–H groups in total. The molecular formula is C67H46Br2N2O. The van der Waals surface area contributed by atoms with Gasteiger partial charge in [-0.1, -0.05) is 173 Å². The number of fused-ring (bicyclic) bond motifs is 7. The minimum absolute atomic E-state index is 0.0514. The van der Waals surface area contributed by atoms with Gasteiger partial charge < -0.3 is 14.2 Å². The van der Waals surface area contributed by atoms with Crippen LogP contribution in [0.25, 0.3) is 77.2 Å². The van der Waals surface area contributed by atoms with Crippen LogP contribution < -0.4 is 9.80 Å². The van der Waals surface area contributed by atoms with E-state index < -0.39 is 0 Å². The fourth-order valence-corrected chi connectivity index (χ4v) is 11.4. The molecule has 5 heteroatoms. The first kappa shape index (κ1) is 44.0. The summed E-state index contributed by atoms with van der Waals surface area (Å²) >= 11 is 7.32. The predicted octanol–water partition coefficient (Wildman–Crippen LogP) is 20.5. The maximum absolute atomic E-state index is 6.87. The van der Waals surface area contributed by atoms with Crippen LogP contribution in [0.2, 0.25) is 0 Å². The third-order valence-electron chi connectivity index (χ3n) is 14.6. The third-order valence-corrected chi connectivity index (χ3v) is 15.6. The normalized spacial score (nSPS) is 12.6. The summed E-state index contributed by atoms with van der Waals surface area (Å²) in [5, 5.41) is 4.46. The number of rotatable bonds is 9. The lowest BCUT2D eigenvalue weighted by atomic mass is 9.82. The third kappa shape index (κ3) is 7.72. The molecule has 0 bridgehead atoms. The van der Waals surface area contributed by atoms with E-state index in [1.807, 2.05) is 0 Å². The fourth-order valence-electron chi connectivity index (χ4n) is 10.9. The first-order chi connectivity index (χ1) is 35.2. The number of furan rings is 1. The Labute approximate surface area is 436 Å². The molecule has 11 aromatic carbocycles. The van der Waals surface area contributed by atoms with Gasteiger partial charge in [0.05, 0.1) is 5.69 Å². The minimum atomic E-state index is -0.0514. The maximum Gasteiger partial charge on any atom is 0.159 e. The highest BCUT2D eigenvalue weighted by molar-refractivity contribution is 9.10. The molecule has 0 amide bonds. The molecule has 1 aromatic heterocycles. The largest absolute Gasteiger partial charge is 0.454 e. The predicted molar refractivity (Wildman–Crippen MR) is 310 cm³/mol. The molecule has 0 saturated carbocycles. The zero-order chi connectivity index (χ0) is 48.5. The summed E-state index contributed by atoms with van der Waals surface area (Å²) in [5.41, 5.74) is 20.4. The number of benzene rings is 11. The van der Waals surface area contributed by atoms with Gasteiger partial charge in [0.25, 0.3) is 0 Å². The molecule has 0 atom stereocenters. The van der Waals surface area contributed by atoms with E-state index in [2.05, 4.69) is 298 Å². The van der Waals surface area contributed by atoms with Crippen molar-refractivity contribution in [1.82, 2.24) is 0 Å². The molecule has 0 saturated heterocycles. The van der Waals surface area contributed by atoms with Gasteiger partial charge in [-0.05, 0) is 182 Å². The van der Waals surface area contributed by atoms with Gasteiger partial charge in [-0.15, -0.1) is 0 Å². The van der Waals surface area contributed by atoms with Crippen LogP contribution in [-0.4, -0.2) is 0 Å². The van der Waals surface area contributed by atoms with Gasteiger partial charge in [0.2, 0.25) is 0 Å². The van der Waals surface area contributed by atoms with Crippen LogP contribution in [0.15, 0.2) is 256 Å². The summed E-state index contributed by atoms with van der Waals surface area (Å²) in [7, 11) is 0. The van der Waals surface area contributed by atoms with Crippen LogP contribution in [0, 0.1) is 0 Å². The lowest BCUT2D eigenvalue weighted by Gasteiger charge is -2.27. The van der Waals surface area contributed by atoms with Crippen LogP contribution in [0.1, 0.15) is 25.0 Å². The van der Waals surface area contributed by atoms with E-state index in [0.717, 1.165) is 86.9 Å². The molecule has 0 fully saturated rings. The van der Waals surface area contributed by atoms with E-state index in [1.165, 1.54) is 44.5 Å². The first-order valence-electron chi connectivity index (χ1n) is 24.3. The van der Waals surface area contributed by atoms with Crippen molar-refractivity contribution in [2.45, 2.75) is 19.3 Å². The lowest BCUT2D eigenvalue weighted by molar-refractivity contribution is 0.660. The topological polar surface area (TPSA) is 19.6 Å². The minimum Gasteiger partial charge on any atom is -0.454 e. The Balaban J connectivity index is 0.832. The van der Waals surface area contributed by atoms with Crippen LogP contribution in [0.3, 0.4) is 0 Å². The number of para-hydroxylation sites is 1. The first-order valence-corrected chi connectivity index (χ1v) is 25.9.